The van der Waals surface area contributed by atoms with Gasteiger partial charge >= 0.3 is 5.97 Å². The Balaban J connectivity index is 1.74. The SMILES string of the molecule is O=C(O)Cn1cc(NC(=O)COCc2ccccc2)cn1. The number of hydrogen-bond donors (Lipinski definition) is 2. The summed E-state index contributed by atoms with van der Waals surface area (Å²) in [5, 5.41) is 15.0. The fourth-order valence-electron chi connectivity index (χ4n) is 1.69. The summed E-state index contributed by atoms with van der Waals surface area (Å²) in [5.41, 5.74) is 1.42. The van der Waals surface area contributed by atoms with Crippen LogP contribution in [0.15, 0.2) is 42.7 Å². The van der Waals surface area contributed by atoms with Crippen LogP contribution in [-0.2, 0) is 27.5 Å². The van der Waals surface area contributed by atoms with Gasteiger partial charge < -0.3 is 15.2 Å². The molecule has 1 aromatic heterocycles. The maximum Gasteiger partial charge on any atom is 0.325 e. The summed E-state index contributed by atoms with van der Waals surface area (Å²) >= 11 is 0. The van der Waals surface area contributed by atoms with Gasteiger partial charge in [0.15, 0.2) is 0 Å². The largest absolute Gasteiger partial charge is 0.480 e. The van der Waals surface area contributed by atoms with E-state index in [0.717, 1.165) is 5.56 Å². The molecule has 0 atom stereocenters. The van der Waals surface area contributed by atoms with Gasteiger partial charge in [-0.05, 0) is 5.56 Å². The van der Waals surface area contributed by atoms with E-state index in [0.29, 0.717) is 12.3 Å². The van der Waals surface area contributed by atoms with Crippen LogP contribution in [-0.4, -0.2) is 33.4 Å². The number of carbonyl (C=O) groups excluding carboxylic acids is 1. The summed E-state index contributed by atoms with van der Waals surface area (Å²) in [6.07, 6.45) is 2.83. The molecular formula is C14H15N3O4. The third kappa shape index (κ3) is 5.07. The fourth-order valence-corrected chi connectivity index (χ4v) is 1.69. The Bertz CT molecular complexity index is 610. The molecule has 7 nitrogen and oxygen atoms in total. The summed E-state index contributed by atoms with van der Waals surface area (Å²) < 4.78 is 6.52. The van der Waals surface area contributed by atoms with E-state index in [4.69, 9.17) is 9.84 Å². The Kier molecular flexibility index (Phi) is 5.05. The first-order valence-electron chi connectivity index (χ1n) is 6.29. The molecule has 0 radical (unpaired) electrons. The van der Waals surface area contributed by atoms with Crippen LogP contribution in [0, 0.1) is 0 Å². The zero-order valence-corrected chi connectivity index (χ0v) is 11.2. The van der Waals surface area contributed by atoms with Crippen LogP contribution in [0.4, 0.5) is 5.69 Å². The van der Waals surface area contributed by atoms with Gasteiger partial charge in [-0.15, -0.1) is 0 Å². The highest BCUT2D eigenvalue weighted by molar-refractivity contribution is 5.91. The normalized spacial score (nSPS) is 10.3. The molecule has 0 aliphatic carbocycles. The molecule has 0 fully saturated rings. The monoisotopic (exact) mass is 289 g/mol. The summed E-state index contributed by atoms with van der Waals surface area (Å²) in [5.74, 6) is -1.32. The van der Waals surface area contributed by atoms with Gasteiger partial charge in [0.2, 0.25) is 5.91 Å². The standard InChI is InChI=1S/C14H15N3O4/c18-13(10-21-9-11-4-2-1-3-5-11)16-12-6-15-17(7-12)8-14(19)20/h1-7H,8-10H2,(H,16,18)(H,19,20). The van der Waals surface area contributed by atoms with Crippen molar-refractivity contribution in [3.05, 3.63) is 48.3 Å². The van der Waals surface area contributed by atoms with E-state index in [1.54, 1.807) is 0 Å². The highest BCUT2D eigenvalue weighted by atomic mass is 16.5. The van der Waals surface area contributed by atoms with Gasteiger partial charge in [-0.1, -0.05) is 30.3 Å². The number of hydrogen-bond acceptors (Lipinski definition) is 4. The number of aromatic nitrogens is 2. The van der Waals surface area contributed by atoms with E-state index in [-0.39, 0.29) is 19.1 Å². The summed E-state index contributed by atoms with van der Waals surface area (Å²) in [4.78, 5) is 22.2. The molecular weight excluding hydrogens is 274 g/mol. The lowest BCUT2D eigenvalue weighted by atomic mass is 10.2. The molecule has 7 heteroatoms. The van der Waals surface area contributed by atoms with Crippen molar-refractivity contribution < 1.29 is 19.4 Å². The van der Waals surface area contributed by atoms with E-state index >= 15 is 0 Å². The Morgan fingerprint density at radius 2 is 2.05 bits per heavy atom. The van der Waals surface area contributed by atoms with Gasteiger partial charge in [0, 0.05) is 6.20 Å². The first-order valence-corrected chi connectivity index (χ1v) is 6.29. The lowest BCUT2D eigenvalue weighted by molar-refractivity contribution is -0.137. The Morgan fingerprint density at radius 3 is 2.76 bits per heavy atom. The number of carboxylic acid groups (broad SMARTS) is 1. The lowest BCUT2D eigenvalue weighted by Crippen LogP contribution is -2.18. The van der Waals surface area contributed by atoms with E-state index in [1.807, 2.05) is 30.3 Å². The molecule has 0 saturated carbocycles. The van der Waals surface area contributed by atoms with Crippen molar-refractivity contribution in [3.63, 3.8) is 0 Å². The Hall–Kier alpha value is -2.67. The number of nitrogens with zero attached hydrogens (tertiary/aromatic N) is 2. The fraction of sp³-hybridized carbons (Fsp3) is 0.214. The zero-order chi connectivity index (χ0) is 15.1. The zero-order valence-electron chi connectivity index (χ0n) is 11.2. The van der Waals surface area contributed by atoms with Gasteiger partial charge in [-0.2, -0.15) is 5.10 Å². The van der Waals surface area contributed by atoms with E-state index in [9.17, 15) is 9.59 Å². The van der Waals surface area contributed by atoms with Crippen LogP contribution < -0.4 is 5.32 Å². The topological polar surface area (TPSA) is 93.5 Å². The van der Waals surface area contributed by atoms with Gasteiger partial charge in [0.25, 0.3) is 0 Å². The van der Waals surface area contributed by atoms with Crippen molar-refractivity contribution in [2.75, 3.05) is 11.9 Å². The number of ether oxygens (including phenoxy) is 1. The number of anilines is 1. The number of carboxylic acids is 1. The molecule has 110 valence electrons. The predicted octanol–water partition coefficient (Wildman–Crippen LogP) is 1.12. The molecule has 0 bridgehead atoms. The summed E-state index contributed by atoms with van der Waals surface area (Å²) in [6.45, 7) is 0.0198. The lowest BCUT2D eigenvalue weighted by Gasteiger charge is -2.04. The molecule has 0 aliphatic rings. The second-order valence-corrected chi connectivity index (χ2v) is 4.35. The second kappa shape index (κ2) is 7.20. The van der Waals surface area contributed by atoms with Crippen LogP contribution in [0.2, 0.25) is 0 Å². The molecule has 1 heterocycles. The molecule has 0 spiro atoms. The predicted molar refractivity (Wildman–Crippen MR) is 74.6 cm³/mol. The number of nitrogens with one attached hydrogen (secondary N) is 1. The van der Waals surface area contributed by atoms with Crippen molar-refractivity contribution in [1.82, 2.24) is 9.78 Å². The third-order valence-electron chi connectivity index (χ3n) is 2.56. The quantitative estimate of drug-likeness (QED) is 0.796. The van der Waals surface area contributed by atoms with Crippen molar-refractivity contribution in [2.45, 2.75) is 13.2 Å². The molecule has 2 aromatic rings. The minimum Gasteiger partial charge on any atom is -0.480 e. The molecule has 0 saturated heterocycles. The number of carbonyl (C=O) groups is 2. The van der Waals surface area contributed by atoms with Gasteiger partial charge in [0.1, 0.15) is 13.2 Å². The Morgan fingerprint density at radius 1 is 1.29 bits per heavy atom. The van der Waals surface area contributed by atoms with Crippen molar-refractivity contribution >= 4 is 17.6 Å². The smallest absolute Gasteiger partial charge is 0.325 e. The van der Waals surface area contributed by atoms with Crippen LogP contribution >= 0.6 is 0 Å². The average Bonchev–Trinajstić information content (AvgIpc) is 2.86. The molecule has 2 N–H and O–H groups in total. The number of rotatable bonds is 7. The highest BCUT2D eigenvalue weighted by Crippen LogP contribution is 2.05. The van der Waals surface area contributed by atoms with Gasteiger partial charge in [-0.3, -0.25) is 14.3 Å². The number of aliphatic carboxylic acids is 1. The van der Waals surface area contributed by atoms with Crippen LogP contribution in [0.1, 0.15) is 5.56 Å². The molecule has 1 aromatic carbocycles. The van der Waals surface area contributed by atoms with Crippen molar-refractivity contribution in [1.29, 1.82) is 0 Å². The third-order valence-corrected chi connectivity index (χ3v) is 2.56. The number of benzene rings is 1. The molecule has 1 amide bonds. The Labute approximate surface area is 121 Å². The molecule has 21 heavy (non-hydrogen) atoms. The van der Waals surface area contributed by atoms with Crippen LogP contribution in [0.3, 0.4) is 0 Å². The van der Waals surface area contributed by atoms with Crippen LogP contribution in [0.5, 0.6) is 0 Å². The number of amides is 1. The van der Waals surface area contributed by atoms with E-state index in [1.165, 1.54) is 17.1 Å². The highest BCUT2D eigenvalue weighted by Gasteiger charge is 2.06. The van der Waals surface area contributed by atoms with E-state index in [2.05, 4.69) is 10.4 Å². The summed E-state index contributed by atoms with van der Waals surface area (Å²) in [6, 6.07) is 9.53. The molecule has 0 aliphatic heterocycles. The maximum atomic E-state index is 11.6. The first-order chi connectivity index (χ1) is 10.1. The van der Waals surface area contributed by atoms with E-state index < -0.39 is 5.97 Å². The average molecular weight is 289 g/mol. The second-order valence-electron chi connectivity index (χ2n) is 4.35. The first kappa shape index (κ1) is 14.7. The maximum absolute atomic E-state index is 11.6. The van der Waals surface area contributed by atoms with Crippen molar-refractivity contribution in [2.24, 2.45) is 0 Å². The minimum absolute atomic E-state index is 0.0843. The minimum atomic E-state index is -0.998. The van der Waals surface area contributed by atoms with Crippen molar-refractivity contribution in [3.8, 4) is 0 Å². The molecule has 2 rings (SSSR count). The van der Waals surface area contributed by atoms with Gasteiger partial charge in [0.05, 0.1) is 18.5 Å². The van der Waals surface area contributed by atoms with Crippen LogP contribution in [0.25, 0.3) is 0 Å². The summed E-state index contributed by atoms with van der Waals surface area (Å²) in [7, 11) is 0. The molecule has 0 unspecified atom stereocenters. The van der Waals surface area contributed by atoms with Gasteiger partial charge in [-0.25, -0.2) is 0 Å².